The summed E-state index contributed by atoms with van der Waals surface area (Å²) < 4.78 is 0. The summed E-state index contributed by atoms with van der Waals surface area (Å²) in [6.45, 7) is 7.89. The van der Waals surface area contributed by atoms with E-state index in [9.17, 15) is 4.79 Å². The molecule has 70 valence electrons. The van der Waals surface area contributed by atoms with Crippen LogP contribution in [0.15, 0.2) is 0 Å². The van der Waals surface area contributed by atoms with E-state index in [1.165, 1.54) is 0 Å². The van der Waals surface area contributed by atoms with E-state index in [2.05, 4.69) is 13.8 Å². The average molecular weight is 169 g/mol. The van der Waals surface area contributed by atoms with Crippen LogP contribution in [0.25, 0.3) is 0 Å². The van der Waals surface area contributed by atoms with Crippen LogP contribution in [0.3, 0.4) is 0 Å². The van der Waals surface area contributed by atoms with Gasteiger partial charge >= 0.3 is 0 Å². The number of ketones is 1. The largest absolute Gasteiger partial charge is 0.309 e. The smallest absolute Gasteiger partial charge is 0.140 e. The van der Waals surface area contributed by atoms with Crippen molar-refractivity contribution in [2.45, 2.75) is 40.5 Å². The first-order chi connectivity index (χ1) is 5.43. The van der Waals surface area contributed by atoms with Crippen molar-refractivity contribution in [3.63, 3.8) is 0 Å². The third kappa shape index (κ3) is 5.05. The third-order valence-electron chi connectivity index (χ3n) is 1.69. The van der Waals surface area contributed by atoms with E-state index < -0.39 is 0 Å². The lowest BCUT2D eigenvalue weighted by atomic mass is 9.98. The molecule has 0 saturated carbocycles. The van der Waals surface area contributed by atoms with Gasteiger partial charge in [-0.1, -0.05) is 27.7 Å². The predicted octanol–water partition coefficient (Wildman–Crippen LogP) is 2.67. The third-order valence-corrected chi connectivity index (χ3v) is 1.69. The fourth-order valence-electron chi connectivity index (χ4n) is 0.979. The minimum Gasteiger partial charge on any atom is -0.309 e. The topological polar surface area (TPSA) is 40.9 Å². The van der Waals surface area contributed by atoms with Gasteiger partial charge in [0.25, 0.3) is 0 Å². The number of carbonyl (C=O) groups is 1. The van der Waals surface area contributed by atoms with E-state index in [0.717, 1.165) is 6.42 Å². The van der Waals surface area contributed by atoms with E-state index in [1.807, 2.05) is 13.8 Å². The normalized spacial score (nSPS) is 10.8. The molecule has 0 fully saturated rings. The van der Waals surface area contributed by atoms with Crippen LogP contribution in [0.4, 0.5) is 0 Å². The van der Waals surface area contributed by atoms with Crippen LogP contribution in [0.5, 0.6) is 0 Å². The number of carbonyl (C=O) groups excluding carboxylic acids is 1. The van der Waals surface area contributed by atoms with Crippen molar-refractivity contribution in [2.24, 2.45) is 11.8 Å². The molecule has 0 spiro atoms. The van der Waals surface area contributed by atoms with Crippen LogP contribution in [0, 0.1) is 17.2 Å². The van der Waals surface area contributed by atoms with Crippen LogP contribution in [0.2, 0.25) is 0 Å². The summed E-state index contributed by atoms with van der Waals surface area (Å²) in [5.74, 6) is 0.732. The van der Waals surface area contributed by atoms with E-state index in [1.54, 1.807) is 0 Å². The molecule has 0 aliphatic rings. The highest BCUT2D eigenvalue weighted by Gasteiger charge is 2.10. The van der Waals surface area contributed by atoms with E-state index in [-0.39, 0.29) is 11.7 Å². The fraction of sp³-hybridized carbons (Fsp3) is 0.800. The van der Waals surface area contributed by atoms with Crippen molar-refractivity contribution in [1.82, 2.24) is 0 Å². The molecule has 0 amide bonds. The molecule has 0 aromatic rings. The molecular weight excluding hydrogens is 150 g/mol. The maximum absolute atomic E-state index is 11.2. The van der Waals surface area contributed by atoms with Crippen LogP contribution >= 0.6 is 0 Å². The Morgan fingerprint density at radius 2 is 1.75 bits per heavy atom. The van der Waals surface area contributed by atoms with E-state index in [0.29, 0.717) is 18.1 Å². The molecule has 0 atom stereocenters. The molecule has 1 N–H and O–H groups in total. The van der Waals surface area contributed by atoms with Crippen LogP contribution in [-0.4, -0.2) is 11.5 Å². The van der Waals surface area contributed by atoms with Gasteiger partial charge in [0.1, 0.15) is 5.78 Å². The molecule has 0 bridgehead atoms. The van der Waals surface area contributed by atoms with Crippen molar-refractivity contribution in [3.8, 4) is 0 Å². The Morgan fingerprint density at radius 1 is 1.25 bits per heavy atom. The van der Waals surface area contributed by atoms with Crippen LogP contribution in [-0.2, 0) is 4.79 Å². The van der Waals surface area contributed by atoms with Gasteiger partial charge in [-0.15, -0.1) is 0 Å². The zero-order valence-electron chi connectivity index (χ0n) is 8.48. The van der Waals surface area contributed by atoms with Gasteiger partial charge in [0, 0.05) is 18.1 Å². The highest BCUT2D eigenvalue weighted by atomic mass is 16.1. The first-order valence-corrected chi connectivity index (χ1v) is 4.52. The maximum atomic E-state index is 11.2. The van der Waals surface area contributed by atoms with Gasteiger partial charge in [0.15, 0.2) is 0 Å². The van der Waals surface area contributed by atoms with Gasteiger partial charge in [-0.05, 0) is 12.3 Å². The summed E-state index contributed by atoms with van der Waals surface area (Å²) in [6, 6.07) is 0. The molecule has 0 aliphatic carbocycles. The Bertz CT molecular complexity index is 171. The Labute approximate surface area is 74.9 Å². The molecule has 0 aromatic heterocycles. The predicted molar refractivity (Wildman–Crippen MR) is 51.6 cm³/mol. The SMILES string of the molecule is CC(C)CC(=N)CC(=O)C(C)C. The summed E-state index contributed by atoms with van der Waals surface area (Å²) in [5, 5.41) is 7.52. The lowest BCUT2D eigenvalue weighted by Gasteiger charge is -2.07. The molecular formula is C10H19NO. The summed E-state index contributed by atoms with van der Waals surface area (Å²) in [5.41, 5.74) is 0.573. The second kappa shape index (κ2) is 5.07. The molecule has 0 aliphatic heterocycles. The zero-order valence-corrected chi connectivity index (χ0v) is 8.48. The highest BCUT2D eigenvalue weighted by molar-refractivity contribution is 6.01. The van der Waals surface area contributed by atoms with Gasteiger partial charge < -0.3 is 5.41 Å². The standard InChI is InChI=1S/C10H19NO/c1-7(2)5-9(11)6-10(12)8(3)4/h7-8,11H,5-6H2,1-4H3. The Morgan fingerprint density at radius 3 is 2.08 bits per heavy atom. The molecule has 0 heterocycles. The maximum Gasteiger partial charge on any atom is 0.140 e. The van der Waals surface area contributed by atoms with E-state index in [4.69, 9.17) is 5.41 Å². The molecule has 12 heavy (non-hydrogen) atoms. The number of nitrogens with one attached hydrogen (secondary N) is 1. The first kappa shape index (κ1) is 11.3. The second-order valence-electron chi connectivity index (χ2n) is 4.00. The summed E-state index contributed by atoms with van der Waals surface area (Å²) >= 11 is 0. The number of Topliss-reactive ketones (excluding diaryl/α,β-unsaturated/α-hetero) is 1. The Hall–Kier alpha value is -0.660. The molecule has 0 aromatic carbocycles. The van der Waals surface area contributed by atoms with E-state index >= 15 is 0 Å². The van der Waals surface area contributed by atoms with Crippen molar-refractivity contribution >= 4 is 11.5 Å². The van der Waals surface area contributed by atoms with Gasteiger partial charge in [-0.3, -0.25) is 4.79 Å². The number of rotatable bonds is 5. The van der Waals surface area contributed by atoms with Crippen molar-refractivity contribution in [3.05, 3.63) is 0 Å². The van der Waals surface area contributed by atoms with Gasteiger partial charge in [-0.2, -0.15) is 0 Å². The summed E-state index contributed by atoms with van der Waals surface area (Å²) in [4.78, 5) is 11.2. The Balaban J connectivity index is 3.77. The highest BCUT2D eigenvalue weighted by Crippen LogP contribution is 2.06. The zero-order chi connectivity index (χ0) is 9.72. The molecule has 0 radical (unpaired) electrons. The lowest BCUT2D eigenvalue weighted by molar-refractivity contribution is -0.120. The fourth-order valence-corrected chi connectivity index (χ4v) is 0.979. The van der Waals surface area contributed by atoms with Crippen LogP contribution in [0.1, 0.15) is 40.5 Å². The van der Waals surface area contributed by atoms with Gasteiger partial charge in [0.2, 0.25) is 0 Å². The molecule has 0 saturated heterocycles. The number of hydrogen-bond acceptors (Lipinski definition) is 2. The van der Waals surface area contributed by atoms with Gasteiger partial charge in [-0.25, -0.2) is 0 Å². The van der Waals surface area contributed by atoms with Crippen molar-refractivity contribution in [1.29, 1.82) is 5.41 Å². The quantitative estimate of drug-likeness (QED) is 0.631. The molecule has 0 rings (SSSR count). The lowest BCUT2D eigenvalue weighted by Crippen LogP contribution is -2.13. The van der Waals surface area contributed by atoms with Crippen LogP contribution < -0.4 is 0 Å². The molecule has 0 unspecified atom stereocenters. The molecule has 2 heteroatoms. The average Bonchev–Trinajstić information content (AvgIpc) is 1.84. The van der Waals surface area contributed by atoms with Crippen molar-refractivity contribution in [2.75, 3.05) is 0 Å². The second-order valence-corrected chi connectivity index (χ2v) is 4.00. The monoisotopic (exact) mass is 169 g/mol. The molecule has 2 nitrogen and oxygen atoms in total. The van der Waals surface area contributed by atoms with Crippen molar-refractivity contribution < 1.29 is 4.79 Å². The number of hydrogen-bond donors (Lipinski definition) is 1. The first-order valence-electron chi connectivity index (χ1n) is 4.52. The Kier molecular flexibility index (Phi) is 4.79. The summed E-state index contributed by atoms with van der Waals surface area (Å²) in [6.07, 6.45) is 1.09. The minimum absolute atomic E-state index is 0.0671. The summed E-state index contributed by atoms with van der Waals surface area (Å²) in [7, 11) is 0. The van der Waals surface area contributed by atoms with Gasteiger partial charge in [0.05, 0.1) is 0 Å². The minimum atomic E-state index is 0.0671.